The molecule has 1 aromatic carbocycles. The normalized spacial score (nSPS) is 12.2. The number of carboxylic acids is 1. The van der Waals surface area contributed by atoms with Gasteiger partial charge in [0.15, 0.2) is 5.89 Å². The van der Waals surface area contributed by atoms with Crippen molar-refractivity contribution >= 4 is 12.1 Å². The lowest BCUT2D eigenvalue weighted by Crippen LogP contribution is -2.46. The molecule has 0 saturated heterocycles. The van der Waals surface area contributed by atoms with E-state index in [4.69, 9.17) is 4.42 Å². The number of carbonyl (C=O) groups is 2. The molecular formula is C21H28N2O5. The van der Waals surface area contributed by atoms with Gasteiger partial charge >= 0.3 is 12.1 Å². The van der Waals surface area contributed by atoms with Crippen molar-refractivity contribution in [2.45, 2.75) is 53.0 Å². The van der Waals surface area contributed by atoms with Crippen LogP contribution in [0.25, 0.3) is 0 Å². The monoisotopic (exact) mass is 388 g/mol. The van der Waals surface area contributed by atoms with Crippen LogP contribution in [0.1, 0.15) is 48.5 Å². The first-order chi connectivity index (χ1) is 13.2. The first-order valence-corrected chi connectivity index (χ1v) is 9.38. The van der Waals surface area contributed by atoms with Crippen LogP contribution >= 0.6 is 0 Å². The Morgan fingerprint density at radius 1 is 1.14 bits per heavy atom. The van der Waals surface area contributed by atoms with Crippen LogP contribution in [0, 0.1) is 19.8 Å². The fourth-order valence-electron chi connectivity index (χ4n) is 3.32. The van der Waals surface area contributed by atoms with E-state index in [2.05, 4.69) is 23.2 Å². The van der Waals surface area contributed by atoms with E-state index in [1.807, 2.05) is 27.7 Å². The minimum Gasteiger partial charge on any atom is -0.480 e. The van der Waals surface area contributed by atoms with Gasteiger partial charge in [-0.15, -0.1) is 0 Å². The van der Waals surface area contributed by atoms with Gasteiger partial charge in [-0.2, -0.15) is 0 Å². The molecule has 0 fully saturated rings. The summed E-state index contributed by atoms with van der Waals surface area (Å²) in [7, 11) is 0. The minimum atomic E-state index is -1.24. The molecule has 0 aliphatic rings. The van der Waals surface area contributed by atoms with Crippen LogP contribution in [0.3, 0.4) is 0 Å². The number of carboxylic acid groups (broad SMARTS) is 2. The summed E-state index contributed by atoms with van der Waals surface area (Å²) >= 11 is 0. The maximum absolute atomic E-state index is 11.6. The summed E-state index contributed by atoms with van der Waals surface area (Å²) in [4.78, 5) is 28.5. The Balaban J connectivity index is 2.04. The molecule has 152 valence electrons. The molecule has 1 aromatic heterocycles. The van der Waals surface area contributed by atoms with E-state index < -0.39 is 18.1 Å². The highest BCUT2D eigenvalue weighted by atomic mass is 16.4. The lowest BCUT2D eigenvalue weighted by Gasteiger charge is -2.27. The molecule has 28 heavy (non-hydrogen) atoms. The summed E-state index contributed by atoms with van der Waals surface area (Å²) in [6.45, 7) is 7.86. The highest BCUT2D eigenvalue weighted by Gasteiger charge is 2.30. The Bertz CT molecular complexity index is 808. The maximum Gasteiger partial charge on any atom is 0.408 e. The topological polar surface area (TPSA) is 104 Å². The van der Waals surface area contributed by atoms with Gasteiger partial charge in [0.2, 0.25) is 0 Å². The van der Waals surface area contributed by atoms with E-state index in [-0.39, 0.29) is 18.9 Å². The second-order valence-electron chi connectivity index (χ2n) is 7.61. The molecule has 1 atom stereocenters. The smallest absolute Gasteiger partial charge is 0.408 e. The van der Waals surface area contributed by atoms with Crippen molar-refractivity contribution in [1.29, 1.82) is 0 Å². The molecule has 0 aliphatic carbocycles. The van der Waals surface area contributed by atoms with Gasteiger partial charge in [-0.25, -0.2) is 14.6 Å². The van der Waals surface area contributed by atoms with Gasteiger partial charge in [0.05, 0.1) is 5.69 Å². The lowest BCUT2D eigenvalue weighted by molar-refractivity contribution is -0.143. The summed E-state index contributed by atoms with van der Waals surface area (Å²) in [5, 5.41) is 18.9. The van der Waals surface area contributed by atoms with Crippen molar-refractivity contribution in [1.82, 2.24) is 9.88 Å². The molecule has 0 aliphatic heterocycles. The first kappa shape index (κ1) is 21.5. The third kappa shape index (κ3) is 6.11. The molecule has 1 unspecified atom stereocenters. The van der Waals surface area contributed by atoms with E-state index in [1.165, 1.54) is 17.4 Å². The number of amides is 1. The predicted molar refractivity (Wildman–Crippen MR) is 105 cm³/mol. The summed E-state index contributed by atoms with van der Waals surface area (Å²) in [5.41, 5.74) is 4.05. The summed E-state index contributed by atoms with van der Waals surface area (Å²) in [5.74, 6) is -0.509. The number of rotatable bonds is 9. The van der Waals surface area contributed by atoms with Gasteiger partial charge in [0, 0.05) is 19.4 Å². The van der Waals surface area contributed by atoms with Gasteiger partial charge < -0.3 is 14.6 Å². The van der Waals surface area contributed by atoms with Gasteiger partial charge in [-0.3, -0.25) is 4.90 Å². The molecule has 2 rings (SSSR count). The van der Waals surface area contributed by atoms with Crippen LogP contribution in [0.2, 0.25) is 0 Å². The van der Waals surface area contributed by atoms with Crippen molar-refractivity contribution in [3.05, 3.63) is 52.7 Å². The quantitative estimate of drug-likeness (QED) is 0.675. The van der Waals surface area contributed by atoms with E-state index in [0.717, 1.165) is 10.5 Å². The second-order valence-corrected chi connectivity index (χ2v) is 7.61. The standard InChI is InChI=1S/C21H28N2O5/c1-13(2)7-18(20(24)25)23(21(26)27)6-5-17-12-28-19(22-17)11-16-9-14(3)8-15(4)10-16/h8-10,12-13,18H,5-7,11H2,1-4H3,(H,24,25)(H,26,27). The van der Waals surface area contributed by atoms with E-state index in [0.29, 0.717) is 24.4 Å². The fourth-order valence-corrected chi connectivity index (χ4v) is 3.32. The van der Waals surface area contributed by atoms with Crippen molar-refractivity contribution in [2.75, 3.05) is 6.54 Å². The van der Waals surface area contributed by atoms with E-state index >= 15 is 0 Å². The third-order valence-electron chi connectivity index (χ3n) is 4.45. The third-order valence-corrected chi connectivity index (χ3v) is 4.45. The number of hydrogen-bond acceptors (Lipinski definition) is 4. The summed E-state index contributed by atoms with van der Waals surface area (Å²) < 4.78 is 5.52. The number of benzene rings is 1. The maximum atomic E-state index is 11.6. The number of oxazole rings is 1. The molecule has 1 heterocycles. The number of aryl methyl sites for hydroxylation is 2. The summed E-state index contributed by atoms with van der Waals surface area (Å²) in [6, 6.07) is 5.18. The van der Waals surface area contributed by atoms with Crippen LogP contribution < -0.4 is 0 Å². The van der Waals surface area contributed by atoms with Crippen LogP contribution in [-0.2, 0) is 17.6 Å². The van der Waals surface area contributed by atoms with Gasteiger partial charge in [0.1, 0.15) is 12.3 Å². The molecule has 0 spiro atoms. The fraction of sp³-hybridized carbons (Fsp3) is 0.476. The Kier molecular flexibility index (Phi) is 7.20. The minimum absolute atomic E-state index is 0.0501. The number of aliphatic carboxylic acids is 1. The van der Waals surface area contributed by atoms with Gasteiger partial charge in [-0.1, -0.05) is 43.2 Å². The van der Waals surface area contributed by atoms with Gasteiger partial charge in [0.25, 0.3) is 0 Å². The lowest BCUT2D eigenvalue weighted by atomic mass is 10.0. The highest BCUT2D eigenvalue weighted by molar-refractivity contribution is 5.79. The van der Waals surface area contributed by atoms with Crippen molar-refractivity contribution in [3.8, 4) is 0 Å². The highest BCUT2D eigenvalue weighted by Crippen LogP contribution is 2.16. The molecule has 0 bridgehead atoms. The molecule has 7 nitrogen and oxygen atoms in total. The van der Waals surface area contributed by atoms with Crippen LogP contribution in [-0.4, -0.2) is 44.7 Å². The van der Waals surface area contributed by atoms with E-state index in [1.54, 1.807) is 0 Å². The number of aromatic nitrogens is 1. The molecule has 7 heteroatoms. The Morgan fingerprint density at radius 3 is 2.32 bits per heavy atom. The van der Waals surface area contributed by atoms with Crippen molar-refractivity contribution in [2.24, 2.45) is 5.92 Å². The molecule has 0 saturated carbocycles. The van der Waals surface area contributed by atoms with Crippen LogP contribution in [0.4, 0.5) is 4.79 Å². The first-order valence-electron chi connectivity index (χ1n) is 9.38. The molecule has 2 N–H and O–H groups in total. The predicted octanol–water partition coefficient (Wildman–Crippen LogP) is 3.90. The summed E-state index contributed by atoms with van der Waals surface area (Å²) in [6.07, 6.45) is 1.38. The molecule has 0 radical (unpaired) electrons. The number of nitrogens with zero attached hydrogens (tertiary/aromatic N) is 2. The molecular weight excluding hydrogens is 360 g/mol. The average molecular weight is 388 g/mol. The second kappa shape index (κ2) is 9.39. The van der Waals surface area contributed by atoms with Crippen molar-refractivity contribution in [3.63, 3.8) is 0 Å². The zero-order chi connectivity index (χ0) is 20.8. The average Bonchev–Trinajstić information content (AvgIpc) is 2.99. The van der Waals surface area contributed by atoms with Crippen molar-refractivity contribution < 1.29 is 24.2 Å². The Hall–Kier alpha value is -2.83. The Labute approximate surface area is 165 Å². The van der Waals surface area contributed by atoms with E-state index in [9.17, 15) is 19.8 Å². The zero-order valence-electron chi connectivity index (χ0n) is 16.8. The zero-order valence-corrected chi connectivity index (χ0v) is 16.8. The molecule has 2 aromatic rings. The van der Waals surface area contributed by atoms with Crippen LogP contribution in [0.5, 0.6) is 0 Å². The Morgan fingerprint density at radius 2 is 1.79 bits per heavy atom. The van der Waals surface area contributed by atoms with Gasteiger partial charge in [-0.05, 0) is 31.7 Å². The van der Waals surface area contributed by atoms with Crippen LogP contribution in [0.15, 0.2) is 28.9 Å². The molecule has 1 amide bonds. The largest absolute Gasteiger partial charge is 0.480 e. The SMILES string of the molecule is Cc1cc(C)cc(Cc2nc(CCN(C(=O)O)C(CC(C)C)C(=O)O)co2)c1. The number of hydrogen-bond donors (Lipinski definition) is 2.